The van der Waals surface area contributed by atoms with Gasteiger partial charge in [0, 0.05) is 37.9 Å². The molecule has 0 saturated carbocycles. The average Bonchev–Trinajstić information content (AvgIpc) is 3.22. The monoisotopic (exact) mass is 415 g/mol. The fourth-order valence-electron chi connectivity index (χ4n) is 2.07. The Kier molecular flexibility index (Phi) is 2.39. The average molecular weight is 416 g/mol. The van der Waals surface area contributed by atoms with Gasteiger partial charge >= 0.3 is 0 Å². The van der Waals surface area contributed by atoms with Crippen LogP contribution in [0.3, 0.4) is 0 Å². The lowest BCUT2D eigenvalue weighted by Crippen LogP contribution is -2.38. The predicted molar refractivity (Wildman–Crippen MR) is 103 cm³/mol. The van der Waals surface area contributed by atoms with Crippen LogP contribution in [0.5, 0.6) is 0 Å². The SMILES string of the molecule is [2H]c1nc(N([2H])C2([2H])C([2H])([2H])C([2H])([2H])N(C([2H])c3cc([2H])c(F)c(C#N)c3)C([2H])([2H])C2([2H])[2H])c2nc(Cl)sc2n1. The number of fused-ring (bicyclic) bond motifs is 1. The van der Waals surface area contributed by atoms with Gasteiger partial charge in [-0.25, -0.2) is 19.3 Å². The van der Waals surface area contributed by atoms with E-state index in [1.165, 1.54) is 6.07 Å². The second-order valence-electron chi connectivity index (χ2n) is 4.97. The summed E-state index contributed by atoms with van der Waals surface area (Å²) < 4.78 is 124. The highest BCUT2D eigenvalue weighted by Gasteiger charge is 2.21. The fourth-order valence-corrected chi connectivity index (χ4v) is 2.99. The molecule has 1 saturated heterocycles. The number of hydrogen-bond acceptors (Lipinski definition) is 7. The Morgan fingerprint density at radius 3 is 3.19 bits per heavy atom. The van der Waals surface area contributed by atoms with Gasteiger partial charge in [0.1, 0.15) is 29.9 Å². The van der Waals surface area contributed by atoms with E-state index in [-0.39, 0.29) is 25.0 Å². The molecule has 0 amide bonds. The number of hydrogen-bond donors (Lipinski definition) is 1. The first-order valence-corrected chi connectivity index (χ1v) is 8.39. The maximum atomic E-state index is 14.1. The lowest BCUT2D eigenvalue weighted by atomic mass is 10.0. The zero-order chi connectivity index (χ0) is 30.4. The van der Waals surface area contributed by atoms with Crippen molar-refractivity contribution in [1.29, 1.82) is 5.26 Å². The number of halogens is 2. The Morgan fingerprint density at radius 2 is 2.41 bits per heavy atom. The number of likely N-dealkylation sites (tertiary alicyclic amines) is 1. The second-order valence-corrected chi connectivity index (χ2v) is 6.53. The highest BCUT2D eigenvalue weighted by Crippen LogP contribution is 2.28. The molecule has 1 aromatic carbocycles. The molecule has 0 spiro atoms. The minimum atomic E-state index is -3.86. The zero-order valence-corrected chi connectivity index (χ0v) is 14.7. The molecule has 3 heterocycles. The molecule has 3 aromatic rings. The summed E-state index contributed by atoms with van der Waals surface area (Å²) in [5.74, 6) is -2.09. The molecule has 27 heavy (non-hydrogen) atoms. The number of thiazole rings is 1. The van der Waals surface area contributed by atoms with Crippen LogP contribution in [-0.4, -0.2) is 38.9 Å². The normalized spacial score (nSPS) is 32.6. The standard InChI is InChI=1S/C18H16ClFN6S/c19-18-25-15-16(22-10-23-17(15)27-18)24-13-3-5-26(6-4-13)9-11-1-2-14(20)12(7-11)8-21/h1-2,7,10,13H,3-6,9H2,(H,22,23,24)/i2D,3D2,4D2,5D2,6D2,9D,10D,13D/hD. The van der Waals surface area contributed by atoms with Crippen LogP contribution >= 0.6 is 22.9 Å². The van der Waals surface area contributed by atoms with Crippen molar-refractivity contribution in [2.45, 2.75) is 25.3 Å². The predicted octanol–water partition coefficient (Wildman–Crippen LogP) is 3.83. The highest BCUT2D eigenvalue weighted by molar-refractivity contribution is 7.21. The van der Waals surface area contributed by atoms with Gasteiger partial charge in [-0.3, -0.25) is 4.90 Å². The van der Waals surface area contributed by atoms with Crippen LogP contribution in [0, 0.1) is 17.1 Å². The van der Waals surface area contributed by atoms with Gasteiger partial charge in [-0.05, 0) is 30.4 Å². The highest BCUT2D eigenvalue weighted by atomic mass is 35.5. The molecule has 1 aliphatic heterocycles. The zero-order valence-electron chi connectivity index (χ0n) is 26.1. The van der Waals surface area contributed by atoms with Crippen molar-refractivity contribution in [3.8, 4) is 6.07 Å². The molecule has 6 nitrogen and oxygen atoms in total. The van der Waals surface area contributed by atoms with Crippen LogP contribution in [0.4, 0.5) is 10.2 Å². The lowest BCUT2D eigenvalue weighted by molar-refractivity contribution is 0.211. The van der Waals surface area contributed by atoms with Gasteiger partial charge in [0.2, 0.25) is 0 Å². The summed E-state index contributed by atoms with van der Waals surface area (Å²) >= 11 is 6.62. The third kappa shape index (κ3) is 4.00. The molecule has 2 aromatic heterocycles. The number of rotatable bonds is 4. The number of piperidine rings is 1. The van der Waals surface area contributed by atoms with Gasteiger partial charge in [-0.15, -0.1) is 0 Å². The topological polar surface area (TPSA) is 77.7 Å². The van der Waals surface area contributed by atoms with Crippen LogP contribution in [0.1, 0.15) is 40.3 Å². The number of anilines is 1. The Labute approximate surface area is 183 Å². The number of nitrogens with one attached hydrogen (secondary N) is 1. The summed E-state index contributed by atoms with van der Waals surface area (Å²) in [7, 11) is 0. The van der Waals surface area contributed by atoms with Crippen LogP contribution in [-0.2, 0) is 6.52 Å². The molecule has 138 valence electrons. The van der Waals surface area contributed by atoms with E-state index in [0.717, 1.165) is 17.4 Å². The van der Waals surface area contributed by atoms with E-state index < -0.39 is 73.4 Å². The summed E-state index contributed by atoms with van der Waals surface area (Å²) in [6, 6.07) is -1.86. The van der Waals surface area contributed by atoms with E-state index in [1.807, 2.05) is 0 Å². The van der Waals surface area contributed by atoms with Crippen molar-refractivity contribution in [1.82, 2.24) is 19.9 Å². The van der Waals surface area contributed by atoms with Gasteiger partial charge in [-0.1, -0.05) is 29.0 Å². The number of benzene rings is 1. The summed E-state index contributed by atoms with van der Waals surface area (Å²) in [5, 5.41) is 8.94. The van der Waals surface area contributed by atoms with Crippen molar-refractivity contribution in [2.24, 2.45) is 0 Å². The van der Waals surface area contributed by atoms with Crippen LogP contribution in [0.15, 0.2) is 24.5 Å². The first-order chi connectivity index (χ1) is 18.2. The summed E-state index contributed by atoms with van der Waals surface area (Å²) in [6.07, 6.45) is -8.48. The van der Waals surface area contributed by atoms with Gasteiger partial charge in [-0.2, -0.15) is 5.26 Å². The molecule has 0 bridgehead atoms. The third-order valence-electron chi connectivity index (χ3n) is 3.22. The van der Waals surface area contributed by atoms with Crippen molar-refractivity contribution in [3.05, 3.63) is 45.9 Å². The number of nitrogens with zero attached hydrogens (tertiary/aromatic N) is 5. The molecular weight excluding hydrogens is 387 g/mol. The van der Waals surface area contributed by atoms with E-state index in [9.17, 15) is 4.39 Å². The molecule has 1 unspecified atom stereocenters. The molecule has 1 atom stereocenters. The van der Waals surface area contributed by atoms with Gasteiger partial charge in [0.25, 0.3) is 0 Å². The Balaban J connectivity index is 1.96. The van der Waals surface area contributed by atoms with Gasteiger partial charge in [0.05, 0.1) is 8.30 Å². The van der Waals surface area contributed by atoms with E-state index >= 15 is 0 Å². The summed E-state index contributed by atoms with van der Waals surface area (Å²) in [4.78, 5) is 11.0. The van der Waals surface area contributed by atoms with E-state index in [1.54, 1.807) is 0 Å². The Morgan fingerprint density at radius 1 is 1.59 bits per heavy atom. The molecule has 0 radical (unpaired) electrons. The molecule has 0 aliphatic carbocycles. The fraction of sp³-hybridized carbons (Fsp3) is 0.333. The quantitative estimate of drug-likeness (QED) is 0.697. The molecule has 1 N–H and O–H groups in total. The number of aromatic nitrogens is 3. The molecule has 1 fully saturated rings. The first-order valence-electron chi connectivity index (χ1n) is 13.7. The second kappa shape index (κ2) is 7.72. The largest absolute Gasteiger partial charge is 0.365 e. The van der Waals surface area contributed by atoms with Gasteiger partial charge < -0.3 is 5.31 Å². The van der Waals surface area contributed by atoms with Gasteiger partial charge in [0.15, 0.2) is 11.7 Å². The molecular formula is C18H16ClFN6S. The first kappa shape index (κ1) is 8.35. The minimum absolute atomic E-state index is 0.0903. The molecule has 9 heteroatoms. The van der Waals surface area contributed by atoms with Crippen molar-refractivity contribution >= 4 is 39.1 Å². The Bertz CT molecular complexity index is 1540. The maximum absolute atomic E-state index is 14.1. The van der Waals surface area contributed by atoms with Crippen molar-refractivity contribution < 1.29 is 22.3 Å². The van der Waals surface area contributed by atoms with Crippen molar-refractivity contribution in [2.75, 3.05) is 18.3 Å². The third-order valence-corrected chi connectivity index (χ3v) is 4.27. The van der Waals surface area contributed by atoms with E-state index in [0.29, 0.717) is 6.07 Å². The van der Waals surface area contributed by atoms with Crippen LogP contribution in [0.2, 0.25) is 5.88 Å². The molecule has 4 rings (SSSR count). The number of nitriles is 1. The van der Waals surface area contributed by atoms with E-state index in [2.05, 4.69) is 15.0 Å². The van der Waals surface area contributed by atoms with Crippen molar-refractivity contribution in [3.63, 3.8) is 0 Å². The minimum Gasteiger partial charge on any atom is -0.365 e. The van der Waals surface area contributed by atoms with Crippen LogP contribution in [0.25, 0.3) is 10.3 Å². The smallest absolute Gasteiger partial charge is 0.186 e. The Hall–Kier alpha value is -2.34. The summed E-state index contributed by atoms with van der Waals surface area (Å²) in [6.45, 7) is -9.87. The van der Waals surface area contributed by atoms with E-state index in [4.69, 9.17) is 34.7 Å². The lowest BCUT2D eigenvalue weighted by Gasteiger charge is -2.32. The maximum Gasteiger partial charge on any atom is 0.186 e. The van der Waals surface area contributed by atoms with Crippen LogP contribution < -0.4 is 5.31 Å². The summed E-state index contributed by atoms with van der Waals surface area (Å²) in [5.41, 5.74) is -1.62. The molecule has 1 aliphatic rings.